The van der Waals surface area contributed by atoms with Gasteiger partial charge in [-0.25, -0.2) is 4.98 Å². The van der Waals surface area contributed by atoms with Crippen molar-refractivity contribution >= 4 is 12.4 Å². The van der Waals surface area contributed by atoms with E-state index in [0.29, 0.717) is 5.92 Å². The first-order valence-corrected chi connectivity index (χ1v) is 8.49. The molecule has 0 saturated carbocycles. The molecule has 0 saturated heterocycles. The highest BCUT2D eigenvalue weighted by Crippen LogP contribution is 2.21. The molecule has 1 aromatic heterocycles. The second-order valence-electron chi connectivity index (χ2n) is 6.52. The van der Waals surface area contributed by atoms with E-state index in [9.17, 15) is 0 Å². The Hall–Kier alpha value is -2.10. The molecule has 3 rings (SSSR count). The quantitative estimate of drug-likeness (QED) is 0.685. The van der Waals surface area contributed by atoms with E-state index in [-0.39, 0.29) is 18.4 Å². The van der Waals surface area contributed by atoms with E-state index < -0.39 is 0 Å². The predicted molar refractivity (Wildman–Crippen MR) is 106 cm³/mol. The normalized spacial score (nSPS) is 12.0. The molecular weight excluding hydrogens is 330 g/mol. The first-order valence-electron chi connectivity index (χ1n) is 8.49. The Labute approximate surface area is 156 Å². The van der Waals surface area contributed by atoms with Gasteiger partial charge in [0.1, 0.15) is 5.82 Å². The summed E-state index contributed by atoms with van der Waals surface area (Å²) in [6.45, 7) is 5.25. The van der Waals surface area contributed by atoms with Crippen LogP contribution in [0.2, 0.25) is 0 Å². The molecule has 1 heterocycles. The highest BCUT2D eigenvalue weighted by Gasteiger charge is 2.17. The van der Waals surface area contributed by atoms with E-state index in [2.05, 4.69) is 77.2 Å². The molecular formula is C21H26ClN3. The smallest absolute Gasteiger partial charge is 0.130 e. The van der Waals surface area contributed by atoms with Crippen LogP contribution in [0.25, 0.3) is 0 Å². The van der Waals surface area contributed by atoms with Crippen LogP contribution in [-0.2, 0) is 13.6 Å². The lowest BCUT2D eigenvalue weighted by Gasteiger charge is -2.19. The van der Waals surface area contributed by atoms with Crippen LogP contribution in [0.15, 0.2) is 67.0 Å². The van der Waals surface area contributed by atoms with Crippen LogP contribution in [0.3, 0.4) is 0 Å². The molecule has 0 amide bonds. The van der Waals surface area contributed by atoms with Crippen molar-refractivity contribution in [1.82, 2.24) is 14.9 Å². The number of aromatic nitrogens is 2. The van der Waals surface area contributed by atoms with E-state index in [1.165, 1.54) is 16.7 Å². The van der Waals surface area contributed by atoms with Crippen molar-refractivity contribution in [2.45, 2.75) is 32.4 Å². The number of hydrogen-bond acceptors (Lipinski definition) is 2. The van der Waals surface area contributed by atoms with Gasteiger partial charge in [-0.15, -0.1) is 12.4 Å². The largest absolute Gasteiger partial charge is 0.336 e. The van der Waals surface area contributed by atoms with Crippen molar-refractivity contribution in [2.24, 2.45) is 7.05 Å². The molecule has 1 atom stereocenters. The van der Waals surface area contributed by atoms with Crippen molar-refractivity contribution in [3.05, 3.63) is 89.5 Å². The third-order valence-electron chi connectivity index (χ3n) is 4.41. The van der Waals surface area contributed by atoms with Crippen molar-refractivity contribution in [3.8, 4) is 0 Å². The van der Waals surface area contributed by atoms with Crippen LogP contribution in [-0.4, -0.2) is 9.55 Å². The summed E-state index contributed by atoms with van der Waals surface area (Å²) in [5, 5.41) is 3.66. The molecule has 0 spiro atoms. The summed E-state index contributed by atoms with van der Waals surface area (Å²) < 4.78 is 2.08. The standard InChI is InChI=1S/C21H25N3.ClH/c1-16(2)18-11-9-17(10-12-18)15-23-20(19-7-5-4-6-8-19)21-22-13-14-24(21)3;/h4-14,16,20,23H,15H2,1-3H3;1H. The average molecular weight is 356 g/mol. The number of nitrogens with zero attached hydrogens (tertiary/aromatic N) is 2. The Morgan fingerprint density at radius 3 is 2.20 bits per heavy atom. The van der Waals surface area contributed by atoms with Crippen LogP contribution < -0.4 is 5.32 Å². The van der Waals surface area contributed by atoms with Gasteiger partial charge < -0.3 is 4.57 Å². The highest BCUT2D eigenvalue weighted by atomic mass is 35.5. The van der Waals surface area contributed by atoms with Gasteiger partial charge in [0.2, 0.25) is 0 Å². The molecule has 0 bridgehead atoms. The van der Waals surface area contributed by atoms with Crippen molar-refractivity contribution in [2.75, 3.05) is 0 Å². The minimum Gasteiger partial charge on any atom is -0.336 e. The molecule has 0 fully saturated rings. The molecule has 0 aliphatic heterocycles. The second-order valence-corrected chi connectivity index (χ2v) is 6.52. The lowest BCUT2D eigenvalue weighted by atomic mass is 10.0. The molecule has 3 nitrogen and oxygen atoms in total. The lowest BCUT2D eigenvalue weighted by Crippen LogP contribution is -2.24. The number of benzene rings is 2. The molecule has 132 valence electrons. The Morgan fingerprint density at radius 1 is 0.960 bits per heavy atom. The zero-order valence-electron chi connectivity index (χ0n) is 15.0. The van der Waals surface area contributed by atoms with Gasteiger partial charge in [0.25, 0.3) is 0 Å². The SMILES string of the molecule is CC(C)c1ccc(CNC(c2ccccc2)c2nccn2C)cc1.Cl. The van der Waals surface area contributed by atoms with E-state index in [0.717, 1.165) is 12.4 Å². The molecule has 2 aromatic carbocycles. The third-order valence-corrected chi connectivity index (χ3v) is 4.41. The van der Waals surface area contributed by atoms with Gasteiger partial charge in [0, 0.05) is 26.0 Å². The topological polar surface area (TPSA) is 29.9 Å². The predicted octanol–water partition coefficient (Wildman–Crippen LogP) is 4.84. The van der Waals surface area contributed by atoms with E-state index in [4.69, 9.17) is 0 Å². The van der Waals surface area contributed by atoms with Gasteiger partial charge in [0.05, 0.1) is 6.04 Å². The molecule has 0 radical (unpaired) electrons. The summed E-state index contributed by atoms with van der Waals surface area (Å²) in [5.74, 6) is 1.59. The van der Waals surface area contributed by atoms with E-state index >= 15 is 0 Å². The minimum atomic E-state index is 0. The van der Waals surface area contributed by atoms with Crippen molar-refractivity contribution in [1.29, 1.82) is 0 Å². The van der Waals surface area contributed by atoms with Crippen LogP contribution in [0.4, 0.5) is 0 Å². The van der Waals surface area contributed by atoms with Crippen LogP contribution >= 0.6 is 12.4 Å². The molecule has 1 N–H and O–H groups in total. The maximum Gasteiger partial charge on any atom is 0.130 e. The van der Waals surface area contributed by atoms with E-state index in [1.807, 2.05) is 25.5 Å². The lowest BCUT2D eigenvalue weighted by molar-refractivity contribution is 0.558. The Bertz CT molecular complexity index is 763. The number of aryl methyl sites for hydroxylation is 1. The van der Waals surface area contributed by atoms with Gasteiger partial charge in [0.15, 0.2) is 0 Å². The monoisotopic (exact) mass is 355 g/mol. The maximum atomic E-state index is 4.54. The fourth-order valence-electron chi connectivity index (χ4n) is 2.90. The summed E-state index contributed by atoms with van der Waals surface area (Å²) in [4.78, 5) is 4.54. The molecule has 0 aliphatic rings. The minimum absolute atomic E-state index is 0. The zero-order chi connectivity index (χ0) is 16.9. The Kier molecular flexibility index (Phi) is 6.80. The van der Waals surface area contributed by atoms with E-state index in [1.54, 1.807) is 0 Å². The van der Waals surface area contributed by atoms with Gasteiger partial charge in [-0.3, -0.25) is 5.32 Å². The summed E-state index contributed by atoms with van der Waals surface area (Å²) in [7, 11) is 2.04. The van der Waals surface area contributed by atoms with Gasteiger partial charge in [-0.05, 0) is 22.6 Å². The fourth-order valence-corrected chi connectivity index (χ4v) is 2.90. The van der Waals surface area contributed by atoms with Gasteiger partial charge in [-0.2, -0.15) is 0 Å². The number of imidazole rings is 1. The van der Waals surface area contributed by atoms with Gasteiger partial charge >= 0.3 is 0 Å². The third kappa shape index (κ3) is 4.71. The number of halogens is 1. The second kappa shape index (κ2) is 8.84. The molecule has 25 heavy (non-hydrogen) atoms. The number of hydrogen-bond donors (Lipinski definition) is 1. The van der Waals surface area contributed by atoms with Gasteiger partial charge in [-0.1, -0.05) is 68.4 Å². The summed E-state index contributed by atoms with van der Waals surface area (Å²) in [6.07, 6.45) is 3.84. The fraction of sp³-hybridized carbons (Fsp3) is 0.286. The molecule has 4 heteroatoms. The average Bonchev–Trinajstić information content (AvgIpc) is 3.02. The van der Waals surface area contributed by atoms with Crippen LogP contribution in [0.5, 0.6) is 0 Å². The van der Waals surface area contributed by atoms with Crippen molar-refractivity contribution < 1.29 is 0 Å². The number of nitrogens with one attached hydrogen (secondary N) is 1. The Balaban J connectivity index is 0.00000225. The molecule has 0 aliphatic carbocycles. The summed E-state index contributed by atoms with van der Waals surface area (Å²) in [5.41, 5.74) is 3.89. The van der Waals surface area contributed by atoms with Crippen LogP contribution in [0.1, 0.15) is 48.3 Å². The maximum absolute atomic E-state index is 4.54. The molecule has 3 aromatic rings. The van der Waals surface area contributed by atoms with Crippen LogP contribution in [0, 0.1) is 0 Å². The first-order chi connectivity index (χ1) is 11.6. The zero-order valence-corrected chi connectivity index (χ0v) is 15.8. The first kappa shape index (κ1) is 19.2. The summed E-state index contributed by atoms with van der Waals surface area (Å²) >= 11 is 0. The number of rotatable bonds is 6. The Morgan fingerprint density at radius 2 is 1.64 bits per heavy atom. The van der Waals surface area contributed by atoms with Crippen molar-refractivity contribution in [3.63, 3.8) is 0 Å². The summed E-state index contributed by atoms with van der Waals surface area (Å²) in [6, 6.07) is 19.4. The highest BCUT2D eigenvalue weighted by molar-refractivity contribution is 5.85. The molecule has 1 unspecified atom stereocenters.